The van der Waals surface area contributed by atoms with Gasteiger partial charge in [-0.3, -0.25) is 9.69 Å². The Balaban J connectivity index is 2.71. The lowest BCUT2D eigenvalue weighted by atomic mass is 9.70. The Hall–Kier alpha value is -0.830. The molecule has 0 aromatic carbocycles. The van der Waals surface area contributed by atoms with E-state index in [1.165, 1.54) is 6.42 Å². The molecule has 98 valence electrons. The van der Waals surface area contributed by atoms with E-state index in [-0.39, 0.29) is 6.54 Å². The molecule has 0 heterocycles. The Morgan fingerprint density at radius 3 is 2.65 bits per heavy atom. The Bertz CT molecular complexity index is 286. The predicted octanol–water partition coefficient (Wildman–Crippen LogP) is 2.77. The lowest BCUT2D eigenvalue weighted by molar-refractivity contribution is -0.139. The minimum atomic E-state index is -0.747. The third-order valence-corrected chi connectivity index (χ3v) is 3.58. The van der Waals surface area contributed by atoms with Crippen molar-refractivity contribution in [1.82, 2.24) is 4.90 Å². The average Bonchev–Trinajstić information content (AvgIpc) is 2.13. The summed E-state index contributed by atoms with van der Waals surface area (Å²) in [7, 11) is 0. The van der Waals surface area contributed by atoms with Crippen molar-refractivity contribution in [3.8, 4) is 0 Å². The molecule has 0 amide bonds. The van der Waals surface area contributed by atoms with Crippen LogP contribution >= 0.6 is 0 Å². The molecule has 0 saturated heterocycles. The highest BCUT2D eigenvalue weighted by Crippen LogP contribution is 2.40. The third kappa shape index (κ3) is 4.50. The van der Waals surface area contributed by atoms with Gasteiger partial charge >= 0.3 is 5.97 Å². The maximum Gasteiger partial charge on any atom is 0.317 e. The molecular weight excluding hydrogens is 214 g/mol. The van der Waals surface area contributed by atoms with Crippen molar-refractivity contribution in [3.05, 3.63) is 12.7 Å². The van der Waals surface area contributed by atoms with Crippen molar-refractivity contribution in [1.29, 1.82) is 0 Å². The molecule has 17 heavy (non-hydrogen) atoms. The number of hydrogen-bond donors (Lipinski definition) is 1. The normalized spacial score (nSPS) is 28.0. The average molecular weight is 239 g/mol. The van der Waals surface area contributed by atoms with E-state index in [0.29, 0.717) is 23.9 Å². The largest absolute Gasteiger partial charge is 0.480 e. The molecule has 0 aromatic heterocycles. The van der Waals surface area contributed by atoms with Gasteiger partial charge in [0.25, 0.3) is 0 Å². The molecule has 1 N–H and O–H groups in total. The van der Waals surface area contributed by atoms with Crippen molar-refractivity contribution in [2.45, 2.75) is 46.1 Å². The van der Waals surface area contributed by atoms with Gasteiger partial charge in [-0.1, -0.05) is 26.8 Å². The second kappa shape index (κ2) is 5.67. The molecule has 0 aromatic rings. The fourth-order valence-electron chi connectivity index (χ4n) is 3.26. The molecule has 3 heteroatoms. The van der Waals surface area contributed by atoms with E-state index in [9.17, 15) is 4.79 Å². The van der Waals surface area contributed by atoms with E-state index >= 15 is 0 Å². The van der Waals surface area contributed by atoms with Gasteiger partial charge in [-0.05, 0) is 30.6 Å². The van der Waals surface area contributed by atoms with Crippen LogP contribution in [0, 0.1) is 11.3 Å². The van der Waals surface area contributed by atoms with E-state index in [1.54, 1.807) is 6.08 Å². The third-order valence-electron chi connectivity index (χ3n) is 3.58. The number of carbonyl (C=O) groups is 1. The summed E-state index contributed by atoms with van der Waals surface area (Å²) in [5.41, 5.74) is 0.320. The summed E-state index contributed by atoms with van der Waals surface area (Å²) in [6, 6.07) is 0.378. The summed E-state index contributed by atoms with van der Waals surface area (Å²) in [5, 5.41) is 8.96. The number of hydrogen-bond acceptors (Lipinski definition) is 2. The second-order valence-corrected chi connectivity index (χ2v) is 6.18. The number of nitrogens with zero attached hydrogens (tertiary/aromatic N) is 1. The van der Waals surface area contributed by atoms with Crippen molar-refractivity contribution < 1.29 is 9.90 Å². The quantitative estimate of drug-likeness (QED) is 0.750. The minimum Gasteiger partial charge on any atom is -0.480 e. The van der Waals surface area contributed by atoms with Crippen molar-refractivity contribution in [2.24, 2.45) is 11.3 Å². The maximum absolute atomic E-state index is 10.9. The van der Waals surface area contributed by atoms with Gasteiger partial charge in [-0.25, -0.2) is 0 Å². The molecule has 1 fully saturated rings. The molecule has 3 nitrogen and oxygen atoms in total. The Labute approximate surface area is 105 Å². The standard InChI is InChI=1S/C14H25NO2/c1-5-6-15(10-13(16)17)12-7-11(2)8-14(3,4)9-12/h5,11-12H,1,6-10H2,2-4H3,(H,16,17). The topological polar surface area (TPSA) is 40.5 Å². The first-order valence-electron chi connectivity index (χ1n) is 6.41. The Kier molecular flexibility index (Phi) is 4.75. The summed E-state index contributed by atoms with van der Waals surface area (Å²) in [5.74, 6) is -0.0762. The molecule has 1 saturated carbocycles. The van der Waals surface area contributed by atoms with Gasteiger partial charge in [-0.15, -0.1) is 6.58 Å². The molecule has 2 atom stereocenters. The van der Waals surface area contributed by atoms with E-state index < -0.39 is 5.97 Å². The number of aliphatic carboxylic acids is 1. The van der Waals surface area contributed by atoms with Crippen molar-refractivity contribution in [2.75, 3.05) is 13.1 Å². The molecule has 1 aliphatic carbocycles. The molecule has 0 spiro atoms. The van der Waals surface area contributed by atoms with Gasteiger partial charge in [0.1, 0.15) is 0 Å². The molecule has 1 rings (SSSR count). The van der Waals surface area contributed by atoms with Gasteiger partial charge in [0.05, 0.1) is 6.54 Å². The van der Waals surface area contributed by atoms with E-state index in [4.69, 9.17) is 5.11 Å². The lowest BCUT2D eigenvalue weighted by Crippen LogP contribution is -2.45. The Morgan fingerprint density at radius 1 is 1.53 bits per heavy atom. The highest BCUT2D eigenvalue weighted by atomic mass is 16.4. The highest BCUT2D eigenvalue weighted by molar-refractivity contribution is 5.69. The molecular formula is C14H25NO2. The second-order valence-electron chi connectivity index (χ2n) is 6.18. The molecule has 2 unspecified atom stereocenters. The first kappa shape index (κ1) is 14.2. The zero-order valence-electron chi connectivity index (χ0n) is 11.3. The fourth-order valence-corrected chi connectivity index (χ4v) is 3.26. The minimum absolute atomic E-state index is 0.124. The van der Waals surface area contributed by atoms with Gasteiger partial charge in [0, 0.05) is 12.6 Å². The molecule has 0 aliphatic heterocycles. The van der Waals surface area contributed by atoms with Gasteiger partial charge in [-0.2, -0.15) is 0 Å². The fraction of sp³-hybridized carbons (Fsp3) is 0.786. The smallest absolute Gasteiger partial charge is 0.317 e. The van der Waals surface area contributed by atoms with Crippen LogP contribution in [-0.2, 0) is 4.79 Å². The monoisotopic (exact) mass is 239 g/mol. The summed E-state index contributed by atoms with van der Waals surface area (Å²) < 4.78 is 0. The molecule has 1 aliphatic rings. The van der Waals surface area contributed by atoms with Gasteiger partial charge < -0.3 is 5.11 Å². The summed E-state index contributed by atoms with van der Waals surface area (Å²) in [4.78, 5) is 12.9. The predicted molar refractivity (Wildman–Crippen MR) is 70.0 cm³/mol. The van der Waals surface area contributed by atoms with Crippen LogP contribution in [0.1, 0.15) is 40.0 Å². The summed E-state index contributed by atoms with van der Waals surface area (Å²) >= 11 is 0. The van der Waals surface area contributed by atoms with Crippen LogP contribution in [0.2, 0.25) is 0 Å². The van der Waals surface area contributed by atoms with Crippen LogP contribution in [0.15, 0.2) is 12.7 Å². The summed E-state index contributed by atoms with van der Waals surface area (Å²) in [6.07, 6.45) is 5.22. The van der Waals surface area contributed by atoms with E-state index in [0.717, 1.165) is 12.8 Å². The van der Waals surface area contributed by atoms with Crippen LogP contribution in [0.4, 0.5) is 0 Å². The van der Waals surface area contributed by atoms with Crippen LogP contribution in [0.5, 0.6) is 0 Å². The van der Waals surface area contributed by atoms with Crippen LogP contribution in [-0.4, -0.2) is 35.1 Å². The van der Waals surface area contributed by atoms with Gasteiger partial charge in [0.15, 0.2) is 0 Å². The van der Waals surface area contributed by atoms with Crippen molar-refractivity contribution in [3.63, 3.8) is 0 Å². The zero-order valence-corrected chi connectivity index (χ0v) is 11.3. The first-order valence-corrected chi connectivity index (χ1v) is 6.41. The zero-order chi connectivity index (χ0) is 13.1. The molecule has 0 bridgehead atoms. The van der Waals surface area contributed by atoms with Crippen molar-refractivity contribution >= 4 is 5.97 Å². The molecule has 0 radical (unpaired) electrons. The number of carboxylic acid groups (broad SMARTS) is 1. The van der Waals surface area contributed by atoms with Gasteiger partial charge in [0.2, 0.25) is 0 Å². The Morgan fingerprint density at radius 2 is 2.18 bits per heavy atom. The van der Waals surface area contributed by atoms with Crippen LogP contribution < -0.4 is 0 Å². The first-order chi connectivity index (χ1) is 7.84. The van der Waals surface area contributed by atoms with E-state index in [1.807, 2.05) is 4.90 Å². The number of carboxylic acids is 1. The SMILES string of the molecule is C=CCN(CC(=O)O)C1CC(C)CC(C)(C)C1. The van der Waals surface area contributed by atoms with Crippen LogP contribution in [0.3, 0.4) is 0 Å². The number of rotatable bonds is 5. The maximum atomic E-state index is 10.9. The van der Waals surface area contributed by atoms with E-state index in [2.05, 4.69) is 27.4 Å². The van der Waals surface area contributed by atoms with Crippen LogP contribution in [0.25, 0.3) is 0 Å². The summed E-state index contributed by atoms with van der Waals surface area (Å²) in [6.45, 7) is 11.3. The lowest BCUT2D eigenvalue weighted by Gasteiger charge is -2.43. The highest BCUT2D eigenvalue weighted by Gasteiger charge is 2.34.